The molecular weight excluding hydrogens is 210 g/mol. The van der Waals surface area contributed by atoms with Gasteiger partial charge in [-0.3, -0.25) is 0 Å². The number of ether oxygens (including phenoxy) is 1. The summed E-state index contributed by atoms with van der Waals surface area (Å²) in [7, 11) is 0. The molecule has 0 saturated heterocycles. The zero-order valence-electron chi connectivity index (χ0n) is 11.8. The van der Waals surface area contributed by atoms with Crippen molar-refractivity contribution in [1.29, 1.82) is 0 Å². The number of rotatable bonds is 6. The number of nitrogens with one attached hydrogen (secondary N) is 1. The van der Waals surface area contributed by atoms with E-state index in [0.717, 1.165) is 25.1 Å². The fourth-order valence-corrected chi connectivity index (χ4v) is 2.63. The minimum absolute atomic E-state index is 0.281. The smallest absolute Gasteiger partial charge is 0.0578 e. The van der Waals surface area contributed by atoms with Gasteiger partial charge >= 0.3 is 0 Å². The van der Waals surface area contributed by atoms with Crippen LogP contribution in [0, 0.1) is 11.3 Å². The molecule has 0 amide bonds. The third-order valence-electron chi connectivity index (χ3n) is 4.04. The summed E-state index contributed by atoms with van der Waals surface area (Å²) in [5.74, 6) is 0.862. The molecule has 0 heterocycles. The second-order valence-electron chi connectivity index (χ2n) is 7.02. The predicted octanol–water partition coefficient (Wildman–Crippen LogP) is 3.36. The van der Waals surface area contributed by atoms with Crippen LogP contribution in [0.25, 0.3) is 0 Å². The molecule has 0 radical (unpaired) electrons. The molecule has 17 heavy (non-hydrogen) atoms. The molecule has 100 valence electrons. The molecule has 2 saturated carbocycles. The minimum atomic E-state index is 0.281. The van der Waals surface area contributed by atoms with Crippen LogP contribution in [0.2, 0.25) is 0 Å². The summed E-state index contributed by atoms with van der Waals surface area (Å²) < 4.78 is 6.13. The number of hydrogen-bond acceptors (Lipinski definition) is 2. The molecule has 2 aliphatic carbocycles. The third-order valence-corrected chi connectivity index (χ3v) is 4.04. The predicted molar refractivity (Wildman–Crippen MR) is 72.2 cm³/mol. The summed E-state index contributed by atoms with van der Waals surface area (Å²) >= 11 is 0. The minimum Gasteiger partial charge on any atom is -0.378 e. The lowest BCUT2D eigenvalue weighted by Crippen LogP contribution is -2.36. The van der Waals surface area contributed by atoms with Gasteiger partial charge in [-0.1, -0.05) is 33.6 Å². The van der Waals surface area contributed by atoms with Crippen molar-refractivity contribution in [2.24, 2.45) is 11.3 Å². The Morgan fingerprint density at radius 3 is 2.59 bits per heavy atom. The summed E-state index contributed by atoms with van der Waals surface area (Å²) in [4.78, 5) is 0. The average Bonchev–Trinajstić information content (AvgIpc) is 3.08. The molecule has 2 fully saturated rings. The standard InChI is InChI=1S/C15H29NO/c1-12-5-4-6-14(9-12)17-11-15(2,3)10-16-13-7-8-13/h12-14,16H,4-11H2,1-3H3. The van der Waals surface area contributed by atoms with E-state index in [1.165, 1.54) is 38.5 Å². The Bertz CT molecular complexity index is 235. The first-order chi connectivity index (χ1) is 8.05. The molecular formula is C15H29NO. The van der Waals surface area contributed by atoms with Crippen LogP contribution in [-0.4, -0.2) is 25.3 Å². The van der Waals surface area contributed by atoms with Crippen LogP contribution in [0.3, 0.4) is 0 Å². The molecule has 2 atom stereocenters. The zero-order valence-corrected chi connectivity index (χ0v) is 11.8. The van der Waals surface area contributed by atoms with E-state index in [9.17, 15) is 0 Å². The van der Waals surface area contributed by atoms with Gasteiger partial charge in [-0.15, -0.1) is 0 Å². The van der Waals surface area contributed by atoms with Gasteiger partial charge in [0.05, 0.1) is 12.7 Å². The molecule has 2 rings (SSSR count). The van der Waals surface area contributed by atoms with Gasteiger partial charge in [-0.2, -0.15) is 0 Å². The van der Waals surface area contributed by atoms with Gasteiger partial charge in [0.1, 0.15) is 0 Å². The molecule has 0 aliphatic heterocycles. The normalized spacial score (nSPS) is 30.5. The molecule has 0 aromatic rings. The topological polar surface area (TPSA) is 21.3 Å². The summed E-state index contributed by atoms with van der Waals surface area (Å²) in [5.41, 5.74) is 0.281. The first-order valence-electron chi connectivity index (χ1n) is 7.40. The van der Waals surface area contributed by atoms with Gasteiger partial charge in [-0.05, 0) is 31.6 Å². The van der Waals surface area contributed by atoms with Gasteiger partial charge in [0.2, 0.25) is 0 Å². The van der Waals surface area contributed by atoms with Crippen LogP contribution < -0.4 is 5.32 Å². The fourth-order valence-electron chi connectivity index (χ4n) is 2.63. The molecule has 0 spiro atoms. The highest BCUT2D eigenvalue weighted by Crippen LogP contribution is 2.28. The van der Waals surface area contributed by atoms with Crippen LogP contribution in [0.15, 0.2) is 0 Å². The van der Waals surface area contributed by atoms with E-state index < -0.39 is 0 Å². The van der Waals surface area contributed by atoms with Gasteiger partial charge < -0.3 is 10.1 Å². The number of hydrogen-bond donors (Lipinski definition) is 1. The Morgan fingerprint density at radius 1 is 1.18 bits per heavy atom. The molecule has 2 unspecified atom stereocenters. The van der Waals surface area contributed by atoms with Crippen LogP contribution in [0.1, 0.15) is 59.3 Å². The van der Waals surface area contributed by atoms with Gasteiger partial charge in [-0.25, -0.2) is 0 Å². The first kappa shape index (κ1) is 13.4. The van der Waals surface area contributed by atoms with E-state index in [0.29, 0.717) is 6.10 Å². The zero-order chi connectivity index (χ0) is 12.3. The third kappa shape index (κ3) is 4.97. The van der Waals surface area contributed by atoms with Gasteiger partial charge in [0.25, 0.3) is 0 Å². The summed E-state index contributed by atoms with van der Waals surface area (Å²) in [6.07, 6.45) is 8.56. The quantitative estimate of drug-likeness (QED) is 0.767. The van der Waals surface area contributed by atoms with Crippen molar-refractivity contribution in [3.05, 3.63) is 0 Å². The Morgan fingerprint density at radius 2 is 1.94 bits per heavy atom. The summed E-state index contributed by atoms with van der Waals surface area (Å²) in [6, 6.07) is 0.809. The molecule has 2 aliphatic rings. The maximum absolute atomic E-state index is 6.13. The highest BCUT2D eigenvalue weighted by Gasteiger charge is 2.27. The monoisotopic (exact) mass is 239 g/mol. The van der Waals surface area contributed by atoms with Crippen molar-refractivity contribution in [2.75, 3.05) is 13.2 Å². The van der Waals surface area contributed by atoms with E-state index in [4.69, 9.17) is 4.74 Å². The molecule has 0 aromatic carbocycles. The maximum Gasteiger partial charge on any atom is 0.0578 e. The highest BCUT2D eigenvalue weighted by molar-refractivity contribution is 4.84. The Hall–Kier alpha value is -0.0800. The largest absolute Gasteiger partial charge is 0.378 e. The van der Waals surface area contributed by atoms with Crippen LogP contribution in [0.5, 0.6) is 0 Å². The second kappa shape index (κ2) is 5.71. The lowest BCUT2D eigenvalue weighted by molar-refractivity contribution is -0.0235. The molecule has 2 nitrogen and oxygen atoms in total. The average molecular weight is 239 g/mol. The van der Waals surface area contributed by atoms with Crippen molar-refractivity contribution in [2.45, 2.75) is 71.4 Å². The Labute approximate surface area is 107 Å². The molecule has 1 N–H and O–H groups in total. The Kier molecular flexibility index (Phi) is 4.48. The van der Waals surface area contributed by atoms with Crippen molar-refractivity contribution >= 4 is 0 Å². The molecule has 0 aromatic heterocycles. The van der Waals surface area contributed by atoms with Crippen LogP contribution >= 0.6 is 0 Å². The lowest BCUT2D eigenvalue weighted by Gasteiger charge is -2.31. The van der Waals surface area contributed by atoms with Crippen molar-refractivity contribution < 1.29 is 4.74 Å². The fraction of sp³-hybridized carbons (Fsp3) is 1.00. The lowest BCUT2D eigenvalue weighted by atomic mass is 9.88. The van der Waals surface area contributed by atoms with E-state index in [1.807, 2.05) is 0 Å². The van der Waals surface area contributed by atoms with Crippen LogP contribution in [0.4, 0.5) is 0 Å². The van der Waals surface area contributed by atoms with Crippen molar-refractivity contribution in [3.8, 4) is 0 Å². The van der Waals surface area contributed by atoms with E-state index >= 15 is 0 Å². The van der Waals surface area contributed by atoms with E-state index in [-0.39, 0.29) is 5.41 Å². The van der Waals surface area contributed by atoms with Crippen LogP contribution in [-0.2, 0) is 4.74 Å². The van der Waals surface area contributed by atoms with Gasteiger partial charge in [0.15, 0.2) is 0 Å². The molecule has 2 heteroatoms. The maximum atomic E-state index is 6.13. The molecule has 0 bridgehead atoms. The summed E-state index contributed by atoms with van der Waals surface area (Å²) in [5, 5.41) is 3.61. The summed E-state index contributed by atoms with van der Waals surface area (Å²) in [6.45, 7) is 8.99. The van der Waals surface area contributed by atoms with Crippen molar-refractivity contribution in [1.82, 2.24) is 5.32 Å². The van der Waals surface area contributed by atoms with Gasteiger partial charge in [0, 0.05) is 18.0 Å². The SMILES string of the molecule is CC1CCCC(OCC(C)(C)CNC2CC2)C1. The van der Waals surface area contributed by atoms with E-state index in [1.54, 1.807) is 0 Å². The van der Waals surface area contributed by atoms with E-state index in [2.05, 4.69) is 26.1 Å². The highest BCUT2D eigenvalue weighted by atomic mass is 16.5. The Balaban J connectivity index is 1.64. The second-order valence-corrected chi connectivity index (χ2v) is 7.02. The first-order valence-corrected chi connectivity index (χ1v) is 7.40. The van der Waals surface area contributed by atoms with Crippen molar-refractivity contribution in [3.63, 3.8) is 0 Å².